The number of carbonyl (C=O) groups is 7. The van der Waals surface area contributed by atoms with Crippen LogP contribution in [-0.2, 0) is 51.5 Å². The molecular weight excluding hydrogens is 807 g/mol. The van der Waals surface area contributed by atoms with Gasteiger partial charge in [-0.2, -0.15) is 17.5 Å². The molecule has 1 aromatic carbocycles. The number of sulfonamides is 1. The minimum Gasteiger partial charge on any atom is -0.480 e. The summed E-state index contributed by atoms with van der Waals surface area (Å²) in [6, 6.07) is -4.47. The molecule has 3 rings (SSSR count). The van der Waals surface area contributed by atoms with Crippen LogP contribution in [0.3, 0.4) is 0 Å². The molecule has 1 aromatic heterocycles. The molecule has 0 aliphatic carbocycles. The Labute approximate surface area is 329 Å². The third-order valence-corrected chi connectivity index (χ3v) is 11.0. The lowest BCUT2D eigenvalue weighted by Gasteiger charge is -2.36. The van der Waals surface area contributed by atoms with E-state index >= 15 is 0 Å². The van der Waals surface area contributed by atoms with Crippen LogP contribution in [0.5, 0.6) is 0 Å². The van der Waals surface area contributed by atoms with Crippen LogP contribution in [-0.4, -0.2) is 116 Å². The number of nitrogens with one attached hydrogen (secondary N) is 2. The van der Waals surface area contributed by atoms with E-state index in [-0.39, 0.29) is 29.0 Å². The summed E-state index contributed by atoms with van der Waals surface area (Å²) in [7, 11) is -5.35. The Kier molecular flexibility index (Phi) is 14.9. The summed E-state index contributed by atoms with van der Waals surface area (Å²) in [6.07, 6.45) is -4.71. The highest BCUT2D eigenvalue weighted by Crippen LogP contribution is 2.37. The molecule has 7 N–H and O–H groups in total. The summed E-state index contributed by atoms with van der Waals surface area (Å²) in [6.45, 7) is 4.26. The average Bonchev–Trinajstić information content (AvgIpc) is 3.74. The molecule has 1 fully saturated rings. The number of rotatable bonds is 18. The van der Waals surface area contributed by atoms with Crippen LogP contribution in [0.25, 0.3) is 0 Å². The van der Waals surface area contributed by atoms with Gasteiger partial charge < -0.3 is 32.1 Å². The van der Waals surface area contributed by atoms with Gasteiger partial charge >= 0.3 is 12.1 Å². The third kappa shape index (κ3) is 12.2. The first-order chi connectivity index (χ1) is 26.2. The summed E-state index contributed by atoms with van der Waals surface area (Å²) < 4.78 is 70.0. The molecule has 0 bridgehead atoms. The van der Waals surface area contributed by atoms with Crippen molar-refractivity contribution in [2.24, 2.45) is 16.9 Å². The number of carboxylic acids is 1. The van der Waals surface area contributed by atoms with Crippen molar-refractivity contribution in [2.45, 2.75) is 102 Å². The first kappa shape index (κ1) is 46.2. The monoisotopic (exact) mass is 849 g/mol. The van der Waals surface area contributed by atoms with Crippen molar-refractivity contribution in [3.63, 3.8) is 0 Å². The molecular formula is C33H43ClF3N9O10S. The van der Waals surface area contributed by atoms with Gasteiger partial charge in [-0.3, -0.25) is 33.6 Å². The number of halogens is 4. The van der Waals surface area contributed by atoms with Crippen molar-refractivity contribution in [2.75, 3.05) is 13.1 Å². The number of Topliss-reactive ketones (excluding diaryl/α,β-unsaturated/α-hetero) is 1. The first-order valence-electron chi connectivity index (χ1n) is 17.2. The van der Waals surface area contributed by atoms with Gasteiger partial charge in [0.2, 0.25) is 39.6 Å². The normalized spacial score (nSPS) is 16.4. The zero-order valence-electron chi connectivity index (χ0n) is 31.2. The number of hydrogen-bond donors (Lipinski definition) is 5. The topological polar surface area (TPSA) is 287 Å². The van der Waals surface area contributed by atoms with Crippen LogP contribution in [0, 0.1) is 5.41 Å². The fourth-order valence-corrected chi connectivity index (χ4v) is 7.81. The number of amides is 5. The maximum Gasteiger partial charge on any atom is 0.417 e. The molecule has 1 aliphatic heterocycles. The first-order valence-corrected chi connectivity index (χ1v) is 19.0. The van der Waals surface area contributed by atoms with Crippen LogP contribution in [0.15, 0.2) is 29.3 Å². The van der Waals surface area contributed by atoms with Gasteiger partial charge in [-0.05, 0) is 42.9 Å². The number of nitrogens with two attached hydrogens (primary N) is 2. The predicted octanol–water partition coefficient (Wildman–Crippen LogP) is 0.445. The van der Waals surface area contributed by atoms with E-state index in [2.05, 4.69) is 20.9 Å². The van der Waals surface area contributed by atoms with Crippen LogP contribution in [0.1, 0.15) is 75.9 Å². The predicted molar refractivity (Wildman–Crippen MR) is 192 cm³/mol. The van der Waals surface area contributed by atoms with Gasteiger partial charge in [0.05, 0.1) is 34.8 Å². The number of carbonyl (C=O) groups excluding carboxylic acids is 6. The Morgan fingerprint density at radius 2 is 1.72 bits per heavy atom. The van der Waals surface area contributed by atoms with Gasteiger partial charge in [-0.1, -0.05) is 37.6 Å². The lowest BCUT2D eigenvalue weighted by Crippen LogP contribution is -2.60. The number of benzene rings is 1. The molecule has 0 saturated carbocycles. The van der Waals surface area contributed by atoms with Gasteiger partial charge in [-0.25, -0.2) is 13.1 Å². The van der Waals surface area contributed by atoms with Crippen molar-refractivity contribution in [1.29, 1.82) is 0 Å². The molecule has 0 spiro atoms. The van der Waals surface area contributed by atoms with Crippen LogP contribution in [0.2, 0.25) is 5.02 Å². The van der Waals surface area contributed by atoms with E-state index in [9.17, 15) is 60.3 Å². The number of primary amides is 2. The van der Waals surface area contributed by atoms with Crippen LogP contribution in [0.4, 0.5) is 13.2 Å². The number of aromatic nitrogens is 3. The van der Waals surface area contributed by atoms with Gasteiger partial charge in [0.15, 0.2) is 5.78 Å². The zero-order chi connectivity index (χ0) is 43.2. The number of likely N-dealkylation sites (tertiary alicyclic amines) is 1. The molecule has 57 heavy (non-hydrogen) atoms. The lowest BCUT2D eigenvalue weighted by atomic mass is 9.85. The second kappa shape index (κ2) is 18.4. The van der Waals surface area contributed by atoms with E-state index in [0.717, 1.165) is 10.9 Å². The van der Waals surface area contributed by atoms with Crippen molar-refractivity contribution in [3.05, 3.63) is 40.7 Å². The molecule has 1 saturated heterocycles. The molecule has 2 aromatic rings. The second-order valence-electron chi connectivity index (χ2n) is 14.4. The highest BCUT2D eigenvalue weighted by molar-refractivity contribution is 7.89. The number of nitrogens with zero attached hydrogens (tertiary/aromatic N) is 5. The number of carboxylic acid groups (broad SMARTS) is 1. The Hall–Kier alpha value is -5.16. The minimum atomic E-state index is -5.35. The summed E-state index contributed by atoms with van der Waals surface area (Å²) in [5.74, 6) is -7.15. The fraction of sp³-hybridized carbons (Fsp3) is 0.545. The fourth-order valence-electron chi connectivity index (χ4n) is 5.99. The number of hydrogen-bond acceptors (Lipinski definition) is 11. The molecule has 1 aliphatic rings. The molecule has 24 heteroatoms. The highest BCUT2D eigenvalue weighted by atomic mass is 35.5. The maximum absolute atomic E-state index is 14.1. The van der Waals surface area contributed by atoms with Crippen molar-refractivity contribution in [3.8, 4) is 0 Å². The highest BCUT2D eigenvalue weighted by Gasteiger charge is 2.43. The zero-order valence-corrected chi connectivity index (χ0v) is 32.8. The van der Waals surface area contributed by atoms with Crippen molar-refractivity contribution >= 4 is 62.9 Å². The lowest BCUT2D eigenvalue weighted by molar-refractivity contribution is -0.142. The van der Waals surface area contributed by atoms with Gasteiger partial charge in [0.1, 0.15) is 23.8 Å². The summed E-state index contributed by atoms with van der Waals surface area (Å²) in [5.41, 5.74) is 7.80. The number of alkyl halides is 3. The average molecular weight is 850 g/mol. The van der Waals surface area contributed by atoms with Gasteiger partial charge in [-0.15, -0.1) is 5.10 Å². The van der Waals surface area contributed by atoms with Crippen molar-refractivity contribution < 1.29 is 60.3 Å². The van der Waals surface area contributed by atoms with Crippen LogP contribution >= 0.6 is 11.6 Å². The maximum atomic E-state index is 14.1. The van der Waals surface area contributed by atoms with Crippen LogP contribution < -0.4 is 22.1 Å². The smallest absolute Gasteiger partial charge is 0.417 e. The number of ketones is 1. The largest absolute Gasteiger partial charge is 0.480 e. The molecule has 0 unspecified atom stereocenters. The van der Waals surface area contributed by atoms with Gasteiger partial charge in [0, 0.05) is 32.4 Å². The quantitative estimate of drug-likeness (QED) is 0.128. The van der Waals surface area contributed by atoms with E-state index in [1.807, 2.05) is 0 Å². The van der Waals surface area contributed by atoms with Gasteiger partial charge in [0.25, 0.3) is 0 Å². The van der Waals surface area contributed by atoms with E-state index in [4.69, 9.17) is 23.1 Å². The molecule has 5 amide bonds. The standard InChI is InChI=1S/C33H43ClF3N9O10S/c1-17(47)22-14-44(43-42-22)15-23(29(51)41-28(32(2,3)4)30(52)45-11-5-6-18(45)12-26(39)49)40-27(50)16-46(24(31(53)54)9-10-25(38)48)57(55,56)19-7-8-21(34)20(13-19)33(35,36)37/h7-8,13-14,18,23-24,28H,5-6,9-12,15-16H2,1-4H3,(H2,38,48)(H2,39,49)(H,40,50)(H,41,51)(H,53,54)/t18-,23-,24-,28+/m0/s1. The Morgan fingerprint density at radius 3 is 2.25 bits per heavy atom. The number of aliphatic carboxylic acids is 1. The molecule has 19 nitrogen and oxygen atoms in total. The molecule has 2 heterocycles. The Bertz CT molecular complexity index is 2010. The van der Waals surface area contributed by atoms with E-state index in [0.29, 0.717) is 25.0 Å². The Morgan fingerprint density at radius 1 is 1.07 bits per heavy atom. The SMILES string of the molecule is CC(=O)c1cn(C[C@H](NC(=O)CN([C@@H](CCC(N)=O)C(=O)O)S(=O)(=O)c2ccc(Cl)c(C(F)(F)F)c2)C(=O)N[C@H](C(=O)N2CCC[C@H]2CC(N)=O)C(C)(C)C)nn1. The van der Waals surface area contributed by atoms with E-state index < -0.39 is 128 Å². The molecule has 0 radical (unpaired) electrons. The Balaban J connectivity index is 2.07. The van der Waals surface area contributed by atoms with E-state index in [1.165, 1.54) is 11.8 Å². The third-order valence-electron chi connectivity index (χ3n) is 8.86. The summed E-state index contributed by atoms with van der Waals surface area (Å²) in [5, 5.41) is 21.4. The second-order valence-corrected chi connectivity index (χ2v) is 16.7. The minimum absolute atomic E-state index is 0.0308. The summed E-state index contributed by atoms with van der Waals surface area (Å²) >= 11 is 5.66. The summed E-state index contributed by atoms with van der Waals surface area (Å²) in [4.78, 5) is 89.7. The molecule has 314 valence electrons. The van der Waals surface area contributed by atoms with E-state index in [1.54, 1.807) is 20.8 Å². The van der Waals surface area contributed by atoms with Crippen molar-refractivity contribution in [1.82, 2.24) is 34.8 Å². The molecule has 4 atom stereocenters.